The average molecular weight is 425 g/mol. The number of ether oxygens (including phenoxy) is 1. The number of rotatable bonds is 9. The van der Waals surface area contributed by atoms with Crippen LogP contribution in [0.25, 0.3) is 0 Å². The van der Waals surface area contributed by atoms with E-state index in [4.69, 9.17) is 4.74 Å². The van der Waals surface area contributed by atoms with E-state index in [2.05, 4.69) is 45.1 Å². The Bertz CT molecular complexity index is 984. The van der Waals surface area contributed by atoms with Gasteiger partial charge in [-0.25, -0.2) is 0 Å². The van der Waals surface area contributed by atoms with E-state index >= 15 is 0 Å². The van der Waals surface area contributed by atoms with E-state index in [1.807, 2.05) is 38.1 Å². The van der Waals surface area contributed by atoms with E-state index in [1.54, 1.807) is 0 Å². The average Bonchev–Trinajstić information content (AvgIpc) is 3.20. The molecule has 2 N–H and O–H groups in total. The highest BCUT2D eigenvalue weighted by atomic mass is 32.1. The first kappa shape index (κ1) is 21.6. The van der Waals surface area contributed by atoms with Crippen LogP contribution in [0.1, 0.15) is 31.5 Å². The Labute approximate surface area is 179 Å². The summed E-state index contributed by atoms with van der Waals surface area (Å²) in [6, 6.07) is 15.7. The summed E-state index contributed by atoms with van der Waals surface area (Å²) in [4.78, 5) is 24.1. The lowest BCUT2D eigenvalue weighted by molar-refractivity contribution is -0.126. The maximum atomic E-state index is 12.2. The van der Waals surface area contributed by atoms with E-state index in [0.717, 1.165) is 23.3 Å². The minimum atomic E-state index is -0.323. The molecule has 0 unspecified atom stereocenters. The Hall–Kier alpha value is -3.10. The fourth-order valence-electron chi connectivity index (χ4n) is 2.61. The molecular weight excluding hydrogens is 400 g/mol. The van der Waals surface area contributed by atoms with E-state index in [9.17, 15) is 9.59 Å². The van der Waals surface area contributed by atoms with Crippen LogP contribution >= 0.6 is 11.3 Å². The van der Waals surface area contributed by atoms with Crippen LogP contribution in [0.5, 0.6) is 0 Å². The molecule has 2 aromatic carbocycles. The van der Waals surface area contributed by atoms with Gasteiger partial charge in [0.15, 0.2) is 0 Å². The smallest absolute Gasteiger partial charge is 0.286 e. The minimum absolute atomic E-state index is 0.0711. The zero-order chi connectivity index (χ0) is 21.3. The number of carbonyl (C=O) groups excluding carboxylic acids is 2. The number of aryl methyl sites for hydroxylation is 2. The van der Waals surface area contributed by atoms with Gasteiger partial charge in [0.1, 0.15) is 18.2 Å². The highest BCUT2D eigenvalue weighted by Crippen LogP contribution is 2.14. The largest absolute Gasteiger partial charge is 0.364 e. The van der Waals surface area contributed by atoms with E-state index in [-0.39, 0.29) is 30.0 Å². The highest BCUT2D eigenvalue weighted by molar-refractivity contribution is 7.13. The van der Waals surface area contributed by atoms with Crippen LogP contribution in [-0.4, -0.2) is 35.2 Å². The van der Waals surface area contributed by atoms with Crippen LogP contribution < -0.4 is 10.6 Å². The SMILES string of the molecule is Cc1ccc(CCNC(=O)COCc2nnc(C(=O)Nc3ccc(C)cc3)s2)cc1. The van der Waals surface area contributed by atoms with Gasteiger partial charge in [0.05, 0.1) is 0 Å². The Morgan fingerprint density at radius 2 is 1.63 bits per heavy atom. The minimum Gasteiger partial charge on any atom is -0.364 e. The van der Waals surface area contributed by atoms with Crippen LogP contribution in [0.15, 0.2) is 48.5 Å². The fraction of sp³-hybridized carbons (Fsp3) is 0.273. The number of carbonyl (C=O) groups is 2. The van der Waals surface area contributed by atoms with Gasteiger partial charge in [0, 0.05) is 12.2 Å². The molecule has 0 fully saturated rings. The molecule has 156 valence electrons. The topological polar surface area (TPSA) is 93.2 Å². The summed E-state index contributed by atoms with van der Waals surface area (Å²) < 4.78 is 5.39. The molecule has 1 heterocycles. The van der Waals surface area contributed by atoms with E-state index < -0.39 is 0 Å². The second kappa shape index (κ2) is 10.6. The van der Waals surface area contributed by atoms with Gasteiger partial charge in [-0.15, -0.1) is 10.2 Å². The second-order valence-corrected chi connectivity index (χ2v) is 7.96. The summed E-state index contributed by atoms with van der Waals surface area (Å²) in [6.07, 6.45) is 0.766. The number of hydrogen-bond donors (Lipinski definition) is 2. The van der Waals surface area contributed by atoms with Crippen molar-refractivity contribution in [2.75, 3.05) is 18.5 Å². The molecule has 0 saturated heterocycles. The third kappa shape index (κ3) is 6.75. The molecule has 0 spiro atoms. The lowest BCUT2D eigenvalue weighted by Gasteiger charge is -2.06. The van der Waals surface area contributed by atoms with Crippen molar-refractivity contribution in [3.05, 3.63) is 75.2 Å². The van der Waals surface area contributed by atoms with Crippen molar-refractivity contribution in [2.24, 2.45) is 0 Å². The number of nitrogens with zero attached hydrogens (tertiary/aromatic N) is 2. The molecule has 30 heavy (non-hydrogen) atoms. The Morgan fingerprint density at radius 3 is 2.33 bits per heavy atom. The lowest BCUT2D eigenvalue weighted by Crippen LogP contribution is -2.29. The third-order valence-corrected chi connectivity index (χ3v) is 5.18. The molecule has 3 rings (SSSR count). The number of anilines is 1. The third-order valence-electron chi connectivity index (χ3n) is 4.29. The van der Waals surface area contributed by atoms with E-state index in [0.29, 0.717) is 17.2 Å². The Morgan fingerprint density at radius 1 is 0.967 bits per heavy atom. The maximum absolute atomic E-state index is 12.2. The van der Waals surface area contributed by atoms with Crippen molar-refractivity contribution in [3.8, 4) is 0 Å². The number of nitrogens with one attached hydrogen (secondary N) is 2. The molecule has 0 aliphatic rings. The molecule has 0 aliphatic heterocycles. The molecular formula is C22H24N4O3S. The molecule has 2 amide bonds. The normalized spacial score (nSPS) is 10.6. The zero-order valence-electron chi connectivity index (χ0n) is 17.0. The van der Waals surface area contributed by atoms with Crippen molar-refractivity contribution < 1.29 is 14.3 Å². The number of aromatic nitrogens is 2. The molecule has 1 aromatic heterocycles. The molecule has 0 atom stereocenters. The summed E-state index contributed by atoms with van der Waals surface area (Å²) in [6.45, 7) is 4.62. The lowest BCUT2D eigenvalue weighted by atomic mass is 10.1. The first-order chi connectivity index (χ1) is 14.5. The molecule has 0 saturated carbocycles. The van der Waals surface area contributed by atoms with Crippen molar-refractivity contribution >= 4 is 28.8 Å². The Kier molecular flexibility index (Phi) is 7.64. The summed E-state index contributed by atoms with van der Waals surface area (Å²) in [7, 11) is 0. The molecule has 8 heteroatoms. The second-order valence-electron chi connectivity index (χ2n) is 6.90. The fourth-order valence-corrected chi connectivity index (χ4v) is 3.28. The number of amides is 2. The Balaban J connectivity index is 1.36. The van der Waals surface area contributed by atoms with Crippen LogP contribution in [-0.2, 0) is 22.6 Å². The van der Waals surface area contributed by atoms with Gasteiger partial charge in [0.2, 0.25) is 10.9 Å². The first-order valence-electron chi connectivity index (χ1n) is 9.60. The predicted octanol–water partition coefficient (Wildman–Crippen LogP) is 3.28. The number of hydrogen-bond acceptors (Lipinski definition) is 6. The van der Waals surface area contributed by atoms with Gasteiger partial charge in [0.25, 0.3) is 5.91 Å². The molecule has 0 bridgehead atoms. The summed E-state index contributed by atoms with van der Waals surface area (Å²) in [5, 5.41) is 14.2. The predicted molar refractivity (Wildman–Crippen MR) is 117 cm³/mol. The zero-order valence-corrected chi connectivity index (χ0v) is 17.8. The van der Waals surface area contributed by atoms with Gasteiger partial charge in [-0.05, 0) is 38.0 Å². The molecule has 3 aromatic rings. The molecule has 7 nitrogen and oxygen atoms in total. The van der Waals surface area contributed by atoms with Crippen LogP contribution in [0.3, 0.4) is 0 Å². The van der Waals surface area contributed by atoms with E-state index in [1.165, 1.54) is 11.1 Å². The summed E-state index contributed by atoms with van der Waals surface area (Å²) in [5.41, 5.74) is 4.19. The van der Waals surface area contributed by atoms with Gasteiger partial charge in [-0.2, -0.15) is 0 Å². The number of benzene rings is 2. The van der Waals surface area contributed by atoms with Crippen LogP contribution in [0.2, 0.25) is 0 Å². The van der Waals surface area contributed by atoms with Gasteiger partial charge < -0.3 is 15.4 Å². The van der Waals surface area contributed by atoms with Crippen molar-refractivity contribution in [2.45, 2.75) is 26.9 Å². The van der Waals surface area contributed by atoms with Crippen molar-refractivity contribution in [3.63, 3.8) is 0 Å². The molecule has 0 aliphatic carbocycles. The quantitative estimate of drug-likeness (QED) is 0.550. The summed E-state index contributed by atoms with van der Waals surface area (Å²) in [5.74, 6) is -0.514. The highest BCUT2D eigenvalue weighted by Gasteiger charge is 2.13. The molecule has 0 radical (unpaired) electrons. The monoisotopic (exact) mass is 424 g/mol. The summed E-state index contributed by atoms with van der Waals surface area (Å²) >= 11 is 1.14. The van der Waals surface area contributed by atoms with Gasteiger partial charge in [-0.3, -0.25) is 9.59 Å². The van der Waals surface area contributed by atoms with Crippen LogP contribution in [0, 0.1) is 13.8 Å². The van der Waals surface area contributed by atoms with Gasteiger partial charge >= 0.3 is 0 Å². The standard InChI is InChI=1S/C22H24N4O3S/c1-15-3-7-17(8-4-15)11-12-23-19(27)13-29-14-20-25-26-22(30-20)21(28)24-18-9-5-16(2)6-10-18/h3-10H,11-14H2,1-2H3,(H,23,27)(H,24,28). The van der Waals surface area contributed by atoms with Crippen molar-refractivity contribution in [1.82, 2.24) is 15.5 Å². The van der Waals surface area contributed by atoms with Crippen molar-refractivity contribution in [1.29, 1.82) is 0 Å². The first-order valence-corrected chi connectivity index (χ1v) is 10.4. The van der Waals surface area contributed by atoms with Gasteiger partial charge in [-0.1, -0.05) is 58.9 Å². The van der Waals surface area contributed by atoms with Crippen LogP contribution in [0.4, 0.5) is 5.69 Å². The maximum Gasteiger partial charge on any atom is 0.286 e.